The Morgan fingerprint density at radius 1 is 1.07 bits per heavy atom. The van der Waals surface area contributed by atoms with Crippen LogP contribution in [0.3, 0.4) is 0 Å². The molecule has 0 spiro atoms. The van der Waals surface area contributed by atoms with Crippen LogP contribution in [0.2, 0.25) is 0 Å². The average Bonchev–Trinajstić information content (AvgIpc) is 2.74. The number of ether oxygens (including phenoxy) is 1. The minimum absolute atomic E-state index is 0.105. The molecule has 0 radical (unpaired) electrons. The first kappa shape index (κ1) is 23.0. The van der Waals surface area contributed by atoms with Crippen LogP contribution in [0, 0.1) is 11.3 Å². The van der Waals surface area contributed by atoms with Crippen molar-refractivity contribution in [1.82, 2.24) is 5.32 Å². The minimum Gasteiger partial charge on any atom is -0.491 e. The van der Waals surface area contributed by atoms with Gasteiger partial charge < -0.3 is 15.0 Å². The molecular formula is C24H29N3O3. The lowest BCUT2D eigenvalue weighted by atomic mass is 10.1. The molecule has 1 N–H and O–H groups in total. The third-order valence-electron chi connectivity index (χ3n) is 4.41. The molecular weight excluding hydrogens is 378 g/mol. The van der Waals surface area contributed by atoms with Crippen molar-refractivity contribution < 1.29 is 14.3 Å². The van der Waals surface area contributed by atoms with E-state index in [1.165, 1.54) is 0 Å². The highest BCUT2D eigenvalue weighted by Gasteiger charge is 2.16. The fraction of sp³-hybridized carbons (Fsp3) is 0.375. The van der Waals surface area contributed by atoms with E-state index in [9.17, 15) is 9.59 Å². The summed E-state index contributed by atoms with van der Waals surface area (Å²) in [6, 6.07) is 19.1. The Hall–Kier alpha value is -3.33. The van der Waals surface area contributed by atoms with E-state index in [4.69, 9.17) is 10.00 Å². The topological polar surface area (TPSA) is 82.4 Å². The van der Waals surface area contributed by atoms with Crippen LogP contribution >= 0.6 is 0 Å². The standard InChI is InChI=1S/C24H29N3O3/c1-19(2)30-22-11-9-20(10-12-22)15-17-26-23(28)13-14-24(29)27(18-6-16-25)21-7-4-3-5-8-21/h3-5,7-12,19H,6,13-15,17-18H2,1-2H3,(H,26,28). The molecule has 158 valence electrons. The van der Waals surface area contributed by atoms with Crippen LogP contribution in [0.5, 0.6) is 5.75 Å². The second-order valence-electron chi connectivity index (χ2n) is 7.20. The van der Waals surface area contributed by atoms with Gasteiger partial charge in [0.25, 0.3) is 0 Å². The van der Waals surface area contributed by atoms with Crippen LogP contribution in [0.25, 0.3) is 0 Å². The monoisotopic (exact) mass is 407 g/mol. The summed E-state index contributed by atoms with van der Waals surface area (Å²) in [5, 5.41) is 11.7. The molecule has 0 atom stereocenters. The van der Waals surface area contributed by atoms with E-state index in [0.29, 0.717) is 19.5 Å². The van der Waals surface area contributed by atoms with Gasteiger partial charge >= 0.3 is 0 Å². The van der Waals surface area contributed by atoms with Crippen LogP contribution in [-0.4, -0.2) is 31.0 Å². The van der Waals surface area contributed by atoms with Crippen LogP contribution in [0.4, 0.5) is 5.69 Å². The Kier molecular flexibility index (Phi) is 9.39. The summed E-state index contributed by atoms with van der Waals surface area (Å²) in [6.07, 6.45) is 1.31. The van der Waals surface area contributed by atoms with E-state index in [1.807, 2.05) is 68.4 Å². The first-order valence-electron chi connectivity index (χ1n) is 10.2. The fourth-order valence-corrected chi connectivity index (χ4v) is 2.96. The van der Waals surface area contributed by atoms with E-state index in [2.05, 4.69) is 11.4 Å². The predicted molar refractivity (Wildman–Crippen MR) is 117 cm³/mol. The Morgan fingerprint density at radius 2 is 1.77 bits per heavy atom. The summed E-state index contributed by atoms with van der Waals surface area (Å²) < 4.78 is 5.62. The number of rotatable bonds is 11. The van der Waals surface area contributed by atoms with Crippen molar-refractivity contribution >= 4 is 17.5 Å². The van der Waals surface area contributed by atoms with Crippen LogP contribution in [0.15, 0.2) is 54.6 Å². The van der Waals surface area contributed by atoms with E-state index >= 15 is 0 Å². The largest absolute Gasteiger partial charge is 0.491 e. The van der Waals surface area contributed by atoms with E-state index in [-0.39, 0.29) is 37.2 Å². The quantitative estimate of drug-likeness (QED) is 0.613. The average molecular weight is 408 g/mol. The number of amides is 2. The Labute approximate surface area is 178 Å². The molecule has 0 aromatic heterocycles. The van der Waals surface area contributed by atoms with Gasteiger partial charge in [-0.15, -0.1) is 0 Å². The number of anilines is 1. The molecule has 30 heavy (non-hydrogen) atoms. The van der Waals surface area contributed by atoms with Crippen molar-refractivity contribution in [2.45, 2.75) is 45.6 Å². The van der Waals surface area contributed by atoms with Gasteiger partial charge in [0.2, 0.25) is 11.8 Å². The predicted octanol–water partition coefficient (Wildman–Crippen LogP) is 3.86. The van der Waals surface area contributed by atoms with Crippen molar-refractivity contribution in [2.24, 2.45) is 0 Å². The molecule has 0 bridgehead atoms. The molecule has 2 aromatic rings. The van der Waals surface area contributed by atoms with Crippen molar-refractivity contribution in [1.29, 1.82) is 5.26 Å². The van der Waals surface area contributed by atoms with Crippen molar-refractivity contribution in [2.75, 3.05) is 18.0 Å². The van der Waals surface area contributed by atoms with Crippen molar-refractivity contribution in [3.8, 4) is 11.8 Å². The smallest absolute Gasteiger partial charge is 0.227 e. The minimum atomic E-state index is -0.160. The number of nitrogens with one attached hydrogen (secondary N) is 1. The summed E-state index contributed by atoms with van der Waals surface area (Å²) in [6.45, 7) is 4.79. The molecule has 2 aromatic carbocycles. The summed E-state index contributed by atoms with van der Waals surface area (Å²) in [4.78, 5) is 26.3. The van der Waals surface area contributed by atoms with Gasteiger partial charge in [-0.1, -0.05) is 30.3 Å². The summed E-state index contributed by atoms with van der Waals surface area (Å²) in [5.74, 6) is 0.513. The van der Waals surface area contributed by atoms with E-state index in [0.717, 1.165) is 17.0 Å². The number of hydrogen-bond donors (Lipinski definition) is 1. The summed E-state index contributed by atoms with van der Waals surface area (Å²) >= 11 is 0. The van der Waals surface area contributed by atoms with Gasteiger partial charge in [-0.2, -0.15) is 5.26 Å². The third kappa shape index (κ3) is 7.96. The van der Waals surface area contributed by atoms with Crippen LogP contribution in [0.1, 0.15) is 38.7 Å². The zero-order valence-electron chi connectivity index (χ0n) is 17.6. The molecule has 0 aliphatic carbocycles. The Morgan fingerprint density at radius 3 is 2.40 bits per heavy atom. The number of hydrogen-bond acceptors (Lipinski definition) is 4. The van der Waals surface area contributed by atoms with Gasteiger partial charge in [-0.25, -0.2) is 0 Å². The molecule has 0 fully saturated rings. The Bertz CT molecular complexity index is 842. The lowest BCUT2D eigenvalue weighted by Gasteiger charge is -2.21. The number of benzene rings is 2. The lowest BCUT2D eigenvalue weighted by Crippen LogP contribution is -2.33. The lowest BCUT2D eigenvalue weighted by molar-refractivity contribution is -0.125. The molecule has 6 heteroatoms. The molecule has 0 saturated carbocycles. The first-order chi connectivity index (χ1) is 14.5. The second-order valence-corrected chi connectivity index (χ2v) is 7.20. The maximum absolute atomic E-state index is 12.6. The van der Waals surface area contributed by atoms with Gasteiger partial charge in [-0.3, -0.25) is 9.59 Å². The second kappa shape index (κ2) is 12.3. The van der Waals surface area contributed by atoms with Crippen LogP contribution < -0.4 is 15.0 Å². The molecule has 0 unspecified atom stereocenters. The zero-order valence-corrected chi connectivity index (χ0v) is 17.6. The summed E-state index contributed by atoms with van der Waals surface area (Å²) in [7, 11) is 0. The number of carbonyl (C=O) groups excluding carboxylic acids is 2. The normalized spacial score (nSPS) is 10.3. The van der Waals surface area contributed by atoms with Gasteiger partial charge in [-0.05, 0) is 50.1 Å². The first-order valence-corrected chi connectivity index (χ1v) is 10.2. The third-order valence-corrected chi connectivity index (χ3v) is 4.41. The molecule has 0 heterocycles. The number of carbonyl (C=O) groups is 2. The fourth-order valence-electron chi connectivity index (χ4n) is 2.96. The maximum Gasteiger partial charge on any atom is 0.227 e. The van der Waals surface area contributed by atoms with Gasteiger partial charge in [0.15, 0.2) is 0 Å². The van der Waals surface area contributed by atoms with E-state index < -0.39 is 0 Å². The molecule has 0 aliphatic rings. The SMILES string of the molecule is CC(C)Oc1ccc(CCNC(=O)CCC(=O)N(CCC#N)c2ccccc2)cc1. The molecule has 6 nitrogen and oxygen atoms in total. The molecule has 0 aliphatic heterocycles. The number of para-hydroxylation sites is 1. The number of nitriles is 1. The van der Waals surface area contributed by atoms with E-state index in [1.54, 1.807) is 4.90 Å². The van der Waals surface area contributed by atoms with Crippen molar-refractivity contribution in [3.05, 3.63) is 60.2 Å². The van der Waals surface area contributed by atoms with Crippen molar-refractivity contribution in [3.63, 3.8) is 0 Å². The molecule has 2 rings (SSSR count). The maximum atomic E-state index is 12.6. The zero-order chi connectivity index (χ0) is 21.8. The van der Waals surface area contributed by atoms with Gasteiger partial charge in [0.05, 0.1) is 18.6 Å². The van der Waals surface area contributed by atoms with Gasteiger partial charge in [0, 0.05) is 31.6 Å². The highest BCUT2D eigenvalue weighted by molar-refractivity contribution is 5.95. The van der Waals surface area contributed by atoms with Crippen LogP contribution in [-0.2, 0) is 16.0 Å². The number of nitrogens with zero attached hydrogens (tertiary/aromatic N) is 2. The highest BCUT2D eigenvalue weighted by atomic mass is 16.5. The van der Waals surface area contributed by atoms with Gasteiger partial charge in [0.1, 0.15) is 5.75 Å². The summed E-state index contributed by atoms with van der Waals surface area (Å²) in [5.41, 5.74) is 1.84. The molecule has 0 saturated heterocycles. The highest BCUT2D eigenvalue weighted by Crippen LogP contribution is 2.16. The molecule has 2 amide bonds. The Balaban J connectivity index is 1.76.